The second kappa shape index (κ2) is 6.92. The average molecular weight is 336 g/mol. The number of nitrogens with two attached hydrogens (primary N) is 1. The van der Waals surface area contributed by atoms with Gasteiger partial charge in [0, 0.05) is 17.5 Å². The number of amides is 1. The largest absolute Gasteiger partial charge is 0.327 e. The van der Waals surface area contributed by atoms with E-state index in [9.17, 15) is 4.79 Å². The number of hydrogen-bond acceptors (Lipinski definition) is 4. The number of nitrogens with zero attached hydrogens (tertiary/aromatic N) is 2. The van der Waals surface area contributed by atoms with Crippen molar-refractivity contribution >= 4 is 11.6 Å². The van der Waals surface area contributed by atoms with Crippen LogP contribution in [0.5, 0.6) is 0 Å². The molecular weight excluding hydrogens is 312 g/mol. The van der Waals surface area contributed by atoms with Gasteiger partial charge in [0.05, 0.1) is 18.1 Å². The highest BCUT2D eigenvalue weighted by atomic mass is 16.1. The number of rotatable bonds is 3. The molecule has 1 amide bonds. The Morgan fingerprint density at radius 3 is 2.32 bits per heavy atom. The molecule has 0 aliphatic heterocycles. The first-order valence-corrected chi connectivity index (χ1v) is 9.14. The normalized spacial score (nSPS) is 28.4. The Morgan fingerprint density at radius 2 is 1.68 bits per heavy atom. The van der Waals surface area contributed by atoms with E-state index in [2.05, 4.69) is 15.3 Å². The van der Waals surface area contributed by atoms with E-state index in [0.29, 0.717) is 23.3 Å². The molecule has 0 spiro atoms. The highest BCUT2D eigenvalue weighted by Gasteiger charge is 2.40. The van der Waals surface area contributed by atoms with Gasteiger partial charge in [0.2, 0.25) is 5.91 Å². The van der Waals surface area contributed by atoms with Crippen molar-refractivity contribution in [1.82, 2.24) is 9.97 Å². The Hall–Kier alpha value is -2.27. The topological polar surface area (TPSA) is 80.9 Å². The number of carbonyl (C=O) groups excluding carboxylic acids is 1. The van der Waals surface area contributed by atoms with Gasteiger partial charge in [0.1, 0.15) is 0 Å². The quantitative estimate of drug-likeness (QED) is 0.901. The lowest BCUT2D eigenvalue weighted by molar-refractivity contribution is -0.122. The van der Waals surface area contributed by atoms with E-state index in [1.54, 1.807) is 12.4 Å². The highest BCUT2D eigenvalue weighted by molar-refractivity contribution is 5.92. The van der Waals surface area contributed by atoms with Crippen LogP contribution in [-0.2, 0) is 4.79 Å². The summed E-state index contributed by atoms with van der Waals surface area (Å²) >= 11 is 0. The van der Waals surface area contributed by atoms with E-state index in [0.717, 1.165) is 31.2 Å². The fraction of sp³-hybridized carbons (Fsp3) is 0.450. The monoisotopic (exact) mass is 336 g/mol. The van der Waals surface area contributed by atoms with Crippen molar-refractivity contribution in [3.8, 4) is 11.4 Å². The maximum Gasteiger partial charge on any atom is 0.227 e. The molecule has 25 heavy (non-hydrogen) atoms. The van der Waals surface area contributed by atoms with Crippen LogP contribution in [0.15, 0.2) is 42.7 Å². The zero-order valence-electron chi connectivity index (χ0n) is 14.3. The molecule has 0 saturated heterocycles. The molecule has 1 aromatic heterocycles. The number of hydrogen-bond donors (Lipinski definition) is 2. The Bertz CT molecular complexity index is 717. The summed E-state index contributed by atoms with van der Waals surface area (Å²) < 4.78 is 0. The van der Waals surface area contributed by atoms with Crippen molar-refractivity contribution < 1.29 is 4.79 Å². The summed E-state index contributed by atoms with van der Waals surface area (Å²) in [4.78, 5) is 21.4. The van der Waals surface area contributed by atoms with E-state index in [1.165, 1.54) is 6.42 Å². The maximum absolute atomic E-state index is 12.7. The molecule has 1 heterocycles. The first kappa shape index (κ1) is 16.2. The van der Waals surface area contributed by atoms with Crippen LogP contribution < -0.4 is 11.1 Å². The van der Waals surface area contributed by atoms with Gasteiger partial charge < -0.3 is 11.1 Å². The van der Waals surface area contributed by atoms with Gasteiger partial charge in [0.15, 0.2) is 5.82 Å². The minimum Gasteiger partial charge on any atom is -0.327 e. The van der Waals surface area contributed by atoms with Gasteiger partial charge in [-0.05, 0) is 37.5 Å². The first-order valence-electron chi connectivity index (χ1n) is 9.14. The molecule has 1 aromatic carbocycles. The van der Waals surface area contributed by atoms with E-state index < -0.39 is 0 Å². The summed E-state index contributed by atoms with van der Waals surface area (Å²) in [5.41, 5.74) is 7.94. The van der Waals surface area contributed by atoms with Gasteiger partial charge in [-0.15, -0.1) is 0 Å². The number of benzene rings is 1. The smallest absolute Gasteiger partial charge is 0.227 e. The predicted octanol–water partition coefficient (Wildman–Crippen LogP) is 3.24. The first-order chi connectivity index (χ1) is 12.2. The minimum atomic E-state index is 0.0592. The molecule has 2 aliphatic rings. The average Bonchev–Trinajstić information content (AvgIpc) is 2.63. The molecule has 2 bridgehead atoms. The number of carbonyl (C=O) groups is 1. The van der Waals surface area contributed by atoms with Crippen molar-refractivity contribution in [2.45, 2.75) is 38.1 Å². The molecule has 130 valence electrons. The molecule has 3 N–H and O–H groups in total. The van der Waals surface area contributed by atoms with Crippen molar-refractivity contribution in [3.63, 3.8) is 0 Å². The lowest BCUT2D eigenvalue weighted by Gasteiger charge is -2.43. The molecule has 2 aromatic rings. The van der Waals surface area contributed by atoms with Crippen LogP contribution in [0.2, 0.25) is 0 Å². The van der Waals surface area contributed by atoms with Gasteiger partial charge in [-0.25, -0.2) is 9.97 Å². The van der Waals surface area contributed by atoms with Gasteiger partial charge in [0.25, 0.3) is 0 Å². The second-order valence-electron chi connectivity index (χ2n) is 7.35. The fourth-order valence-corrected chi connectivity index (χ4v) is 4.38. The maximum atomic E-state index is 12.7. The molecular formula is C20H24N4O. The van der Waals surface area contributed by atoms with Gasteiger partial charge in [-0.2, -0.15) is 0 Å². The highest BCUT2D eigenvalue weighted by Crippen LogP contribution is 2.42. The number of fused-ring (bicyclic) bond motifs is 2. The SMILES string of the molecule is NC1C2CCCC1CC(C(=O)Nc1cnc(-c3ccccc3)nc1)C2. The lowest BCUT2D eigenvalue weighted by Crippen LogP contribution is -2.48. The summed E-state index contributed by atoms with van der Waals surface area (Å²) in [6.45, 7) is 0. The van der Waals surface area contributed by atoms with E-state index in [-0.39, 0.29) is 17.9 Å². The lowest BCUT2D eigenvalue weighted by atomic mass is 9.65. The third kappa shape index (κ3) is 3.42. The van der Waals surface area contributed by atoms with Gasteiger partial charge in [-0.3, -0.25) is 4.79 Å². The standard InChI is InChI=1S/C20H24N4O/c21-18-14-7-4-8-15(18)10-16(9-14)20(25)24-17-11-22-19(23-12-17)13-5-2-1-3-6-13/h1-3,5-6,11-12,14-16,18H,4,7-10,21H2,(H,24,25). The van der Waals surface area contributed by atoms with Crippen LogP contribution in [0.4, 0.5) is 5.69 Å². The number of anilines is 1. The molecule has 2 saturated carbocycles. The zero-order valence-corrected chi connectivity index (χ0v) is 14.3. The van der Waals surface area contributed by atoms with Gasteiger partial charge in [-0.1, -0.05) is 36.8 Å². The van der Waals surface area contributed by atoms with Crippen LogP contribution in [0, 0.1) is 17.8 Å². The minimum absolute atomic E-state index is 0.0592. The van der Waals surface area contributed by atoms with Crippen LogP contribution in [-0.4, -0.2) is 21.9 Å². The Kier molecular flexibility index (Phi) is 4.49. The zero-order chi connectivity index (χ0) is 17.2. The second-order valence-corrected chi connectivity index (χ2v) is 7.35. The Labute approximate surface area is 148 Å². The van der Waals surface area contributed by atoms with E-state index in [4.69, 9.17) is 5.73 Å². The van der Waals surface area contributed by atoms with Crippen LogP contribution in [0.25, 0.3) is 11.4 Å². The number of nitrogens with one attached hydrogen (secondary N) is 1. The third-order valence-electron chi connectivity index (χ3n) is 5.74. The molecule has 2 unspecified atom stereocenters. The molecule has 4 rings (SSSR count). The number of aromatic nitrogens is 2. The van der Waals surface area contributed by atoms with Crippen molar-refractivity contribution in [3.05, 3.63) is 42.7 Å². The molecule has 2 fully saturated rings. The molecule has 0 radical (unpaired) electrons. The van der Waals surface area contributed by atoms with E-state index in [1.807, 2.05) is 30.3 Å². The predicted molar refractivity (Wildman–Crippen MR) is 97.6 cm³/mol. The van der Waals surface area contributed by atoms with Gasteiger partial charge >= 0.3 is 0 Å². The van der Waals surface area contributed by atoms with E-state index >= 15 is 0 Å². The summed E-state index contributed by atoms with van der Waals surface area (Å²) in [5, 5.41) is 2.99. The third-order valence-corrected chi connectivity index (χ3v) is 5.74. The molecule has 2 atom stereocenters. The summed E-state index contributed by atoms with van der Waals surface area (Å²) in [7, 11) is 0. The van der Waals surface area contributed by atoms with Crippen LogP contribution in [0.3, 0.4) is 0 Å². The fourth-order valence-electron chi connectivity index (χ4n) is 4.38. The molecule has 5 nitrogen and oxygen atoms in total. The molecule has 2 aliphatic carbocycles. The molecule has 5 heteroatoms. The van der Waals surface area contributed by atoms with Crippen LogP contribution >= 0.6 is 0 Å². The summed E-state index contributed by atoms with van der Waals surface area (Å²) in [6, 6.07) is 10.1. The van der Waals surface area contributed by atoms with Crippen LogP contribution in [0.1, 0.15) is 32.1 Å². The Morgan fingerprint density at radius 1 is 1.04 bits per heavy atom. The van der Waals surface area contributed by atoms with Crippen molar-refractivity contribution in [1.29, 1.82) is 0 Å². The summed E-state index contributed by atoms with van der Waals surface area (Å²) in [6.07, 6.45) is 8.77. The van der Waals surface area contributed by atoms with Crippen molar-refractivity contribution in [2.75, 3.05) is 5.32 Å². The summed E-state index contributed by atoms with van der Waals surface area (Å²) in [5.74, 6) is 1.81. The Balaban J connectivity index is 1.41. The van der Waals surface area contributed by atoms with Crippen molar-refractivity contribution in [2.24, 2.45) is 23.5 Å².